The number of ketones is 1. The van der Waals surface area contributed by atoms with E-state index < -0.39 is 5.97 Å². The summed E-state index contributed by atoms with van der Waals surface area (Å²) in [6.07, 6.45) is 30.5. The molecule has 222 valence electrons. The summed E-state index contributed by atoms with van der Waals surface area (Å²) in [4.78, 5) is 23.1. The zero-order chi connectivity index (χ0) is 28.4. The average Bonchev–Trinajstić information content (AvgIpc) is 2.93. The number of aryl methyl sites for hydroxylation is 1. The first-order valence-corrected chi connectivity index (χ1v) is 16.3. The predicted molar refractivity (Wildman–Crippen MR) is 165 cm³/mol. The summed E-state index contributed by atoms with van der Waals surface area (Å²) in [5, 5.41) is 8.81. The third kappa shape index (κ3) is 19.6. The number of benzene rings is 1. The maximum absolute atomic E-state index is 12.4. The first-order chi connectivity index (χ1) is 19.1. The molecule has 0 aliphatic rings. The van der Waals surface area contributed by atoms with Gasteiger partial charge in [0.05, 0.1) is 6.61 Å². The Morgan fingerprint density at radius 1 is 0.641 bits per heavy atom. The molecule has 4 heteroatoms. The van der Waals surface area contributed by atoms with Crippen LogP contribution in [0.5, 0.6) is 5.75 Å². The minimum atomic E-state index is -1.11. The van der Waals surface area contributed by atoms with Gasteiger partial charge in [-0.3, -0.25) is 4.79 Å². The number of hydrogen-bond donors (Lipinski definition) is 1. The Balaban J connectivity index is 2.24. The third-order valence-electron chi connectivity index (χ3n) is 7.53. The molecule has 0 atom stereocenters. The van der Waals surface area contributed by atoms with Crippen LogP contribution in [-0.4, -0.2) is 23.5 Å². The summed E-state index contributed by atoms with van der Waals surface area (Å²) < 4.78 is 6.14. The number of unbranched alkanes of at least 4 members (excludes halogenated alkanes) is 19. The summed E-state index contributed by atoms with van der Waals surface area (Å²) in [6.45, 7) is 5.19. The number of allylic oxidation sites excluding steroid dienone is 1. The molecule has 0 aliphatic carbocycles. The molecule has 0 radical (unpaired) electrons. The third-order valence-corrected chi connectivity index (χ3v) is 7.53. The van der Waals surface area contributed by atoms with Crippen LogP contribution in [0.3, 0.4) is 0 Å². The molecule has 0 saturated heterocycles. The van der Waals surface area contributed by atoms with Crippen LogP contribution < -0.4 is 4.74 Å². The van der Waals surface area contributed by atoms with Crippen molar-refractivity contribution in [1.82, 2.24) is 0 Å². The van der Waals surface area contributed by atoms with Crippen molar-refractivity contribution < 1.29 is 19.4 Å². The smallest absolute Gasteiger partial charge is 0.328 e. The minimum Gasteiger partial charge on any atom is -0.493 e. The minimum absolute atomic E-state index is 0.283. The number of ether oxygens (including phenoxy) is 1. The van der Waals surface area contributed by atoms with Gasteiger partial charge in [0.1, 0.15) is 5.75 Å². The van der Waals surface area contributed by atoms with Gasteiger partial charge < -0.3 is 9.84 Å². The van der Waals surface area contributed by atoms with E-state index in [1.807, 2.05) is 12.1 Å². The Hall–Kier alpha value is -2.10. The first kappa shape index (κ1) is 34.9. The SMILES string of the molecule is CCCCCCCCCCCCCCCCCCOc1ccc(C(=O)/C=C/C(=O)O)cc1CCCCCCC. The average molecular weight is 543 g/mol. The molecule has 1 N–H and O–H groups in total. The molecule has 0 heterocycles. The van der Waals surface area contributed by atoms with Crippen molar-refractivity contribution in [2.45, 2.75) is 155 Å². The molecule has 0 aromatic heterocycles. The number of rotatable bonds is 27. The number of aliphatic carboxylic acids is 1. The van der Waals surface area contributed by atoms with Crippen molar-refractivity contribution in [3.05, 3.63) is 41.5 Å². The van der Waals surface area contributed by atoms with E-state index in [1.165, 1.54) is 122 Å². The number of carbonyl (C=O) groups excluding carboxylic acids is 1. The van der Waals surface area contributed by atoms with Crippen LogP contribution in [0.2, 0.25) is 0 Å². The standard InChI is InChI=1S/C35H58O4/c1-3-5-7-9-10-11-12-13-14-15-16-17-18-19-21-23-29-39-34-27-25-31(33(36)26-28-35(37)38)30-32(34)24-22-20-8-6-4-2/h25-28,30H,3-24,29H2,1-2H3,(H,37,38)/b28-26+. The number of carboxylic acids is 1. The predicted octanol–water partition coefficient (Wildman–Crippen LogP) is 10.7. The quantitative estimate of drug-likeness (QED) is 0.0682. The van der Waals surface area contributed by atoms with Gasteiger partial charge in [-0.2, -0.15) is 0 Å². The fourth-order valence-corrected chi connectivity index (χ4v) is 5.06. The van der Waals surface area contributed by atoms with Crippen LogP contribution in [0.25, 0.3) is 0 Å². The van der Waals surface area contributed by atoms with Crippen LogP contribution in [0.15, 0.2) is 30.4 Å². The van der Waals surface area contributed by atoms with Gasteiger partial charge in [-0.05, 0) is 49.1 Å². The van der Waals surface area contributed by atoms with Crippen molar-refractivity contribution in [2.24, 2.45) is 0 Å². The van der Waals surface area contributed by atoms with Gasteiger partial charge >= 0.3 is 5.97 Å². The van der Waals surface area contributed by atoms with Crippen LogP contribution >= 0.6 is 0 Å². The Morgan fingerprint density at radius 3 is 1.59 bits per heavy atom. The van der Waals surface area contributed by atoms with Crippen molar-refractivity contribution in [2.75, 3.05) is 6.61 Å². The lowest BCUT2D eigenvalue weighted by Crippen LogP contribution is -2.04. The van der Waals surface area contributed by atoms with E-state index >= 15 is 0 Å². The molecule has 0 aliphatic heterocycles. The van der Waals surface area contributed by atoms with Crippen molar-refractivity contribution >= 4 is 11.8 Å². The Morgan fingerprint density at radius 2 is 1.10 bits per heavy atom. The topological polar surface area (TPSA) is 63.6 Å². The van der Waals surface area contributed by atoms with E-state index in [9.17, 15) is 9.59 Å². The number of carbonyl (C=O) groups is 2. The molecule has 39 heavy (non-hydrogen) atoms. The Labute approximate surface area is 240 Å². The molecule has 0 spiro atoms. The molecule has 0 unspecified atom stereocenters. The summed E-state index contributed by atoms with van der Waals surface area (Å²) in [5.74, 6) is -0.530. The van der Waals surface area contributed by atoms with E-state index in [1.54, 1.807) is 6.07 Å². The van der Waals surface area contributed by atoms with Crippen LogP contribution in [-0.2, 0) is 11.2 Å². The molecule has 1 aromatic carbocycles. The second-order valence-electron chi connectivity index (χ2n) is 11.2. The number of hydrogen-bond acceptors (Lipinski definition) is 3. The van der Waals surface area contributed by atoms with Crippen LogP contribution in [0.4, 0.5) is 0 Å². The second-order valence-corrected chi connectivity index (χ2v) is 11.2. The highest BCUT2D eigenvalue weighted by atomic mass is 16.5. The summed E-state index contributed by atoms with van der Waals surface area (Å²) in [7, 11) is 0. The van der Waals surface area contributed by atoms with E-state index in [0.29, 0.717) is 12.2 Å². The normalized spacial score (nSPS) is 11.3. The van der Waals surface area contributed by atoms with E-state index in [-0.39, 0.29) is 5.78 Å². The Kier molecular flexibility index (Phi) is 22.3. The van der Waals surface area contributed by atoms with E-state index in [0.717, 1.165) is 42.7 Å². The van der Waals surface area contributed by atoms with Crippen molar-refractivity contribution in [3.63, 3.8) is 0 Å². The molecule has 0 fully saturated rings. The fourth-order valence-electron chi connectivity index (χ4n) is 5.06. The van der Waals surface area contributed by atoms with Gasteiger partial charge in [0.2, 0.25) is 0 Å². The molecule has 4 nitrogen and oxygen atoms in total. The van der Waals surface area contributed by atoms with Gasteiger partial charge in [-0.15, -0.1) is 0 Å². The largest absolute Gasteiger partial charge is 0.493 e. The highest BCUT2D eigenvalue weighted by Crippen LogP contribution is 2.24. The van der Waals surface area contributed by atoms with Gasteiger partial charge in [-0.25, -0.2) is 4.79 Å². The fraction of sp³-hybridized carbons (Fsp3) is 0.714. The van der Waals surface area contributed by atoms with E-state index in [4.69, 9.17) is 9.84 Å². The van der Waals surface area contributed by atoms with E-state index in [2.05, 4.69) is 13.8 Å². The second kappa shape index (κ2) is 24.9. The molecule has 0 bridgehead atoms. The highest BCUT2D eigenvalue weighted by Gasteiger charge is 2.10. The lowest BCUT2D eigenvalue weighted by atomic mass is 10.0. The van der Waals surface area contributed by atoms with Gasteiger partial charge in [0.15, 0.2) is 5.78 Å². The van der Waals surface area contributed by atoms with Crippen molar-refractivity contribution in [3.8, 4) is 5.75 Å². The molecule has 0 saturated carbocycles. The summed E-state index contributed by atoms with van der Waals surface area (Å²) >= 11 is 0. The molecular weight excluding hydrogens is 484 g/mol. The van der Waals surface area contributed by atoms with Gasteiger partial charge in [-0.1, -0.05) is 136 Å². The lowest BCUT2D eigenvalue weighted by molar-refractivity contribution is -0.131. The summed E-state index contributed by atoms with van der Waals surface area (Å²) in [5.41, 5.74) is 1.57. The lowest BCUT2D eigenvalue weighted by Gasteiger charge is -2.13. The van der Waals surface area contributed by atoms with Crippen LogP contribution in [0, 0.1) is 0 Å². The maximum Gasteiger partial charge on any atom is 0.328 e. The maximum atomic E-state index is 12.4. The summed E-state index contributed by atoms with van der Waals surface area (Å²) in [6, 6.07) is 5.52. The van der Waals surface area contributed by atoms with Crippen LogP contribution in [0.1, 0.15) is 165 Å². The first-order valence-electron chi connectivity index (χ1n) is 16.3. The molecule has 0 amide bonds. The Bertz CT molecular complexity index is 783. The zero-order valence-corrected chi connectivity index (χ0v) is 25.3. The molecular formula is C35H58O4. The molecule has 1 aromatic rings. The van der Waals surface area contributed by atoms with Gasteiger partial charge in [0.25, 0.3) is 0 Å². The number of carboxylic acid groups (broad SMARTS) is 1. The highest BCUT2D eigenvalue weighted by molar-refractivity contribution is 6.07. The monoisotopic (exact) mass is 542 g/mol. The van der Waals surface area contributed by atoms with Crippen molar-refractivity contribution in [1.29, 1.82) is 0 Å². The van der Waals surface area contributed by atoms with Gasteiger partial charge in [0, 0.05) is 11.6 Å². The molecule has 1 rings (SSSR count). The zero-order valence-electron chi connectivity index (χ0n) is 25.3.